The van der Waals surface area contributed by atoms with Crippen molar-refractivity contribution in [2.75, 3.05) is 5.32 Å². The van der Waals surface area contributed by atoms with Gasteiger partial charge in [-0.3, -0.25) is 18.7 Å². The molecule has 0 bridgehead atoms. The first kappa shape index (κ1) is 20.3. The zero-order valence-corrected chi connectivity index (χ0v) is 18.1. The van der Waals surface area contributed by atoms with E-state index in [2.05, 4.69) is 16.4 Å². The Morgan fingerprint density at radius 2 is 1.74 bits per heavy atom. The molecule has 3 aromatic heterocycles. The van der Waals surface area contributed by atoms with Crippen LogP contribution in [0.15, 0.2) is 52.2 Å². The monoisotopic (exact) mass is 417 g/mol. The van der Waals surface area contributed by atoms with Crippen molar-refractivity contribution in [3.63, 3.8) is 0 Å². The van der Waals surface area contributed by atoms with Crippen molar-refractivity contribution in [2.45, 2.75) is 20.8 Å². The summed E-state index contributed by atoms with van der Waals surface area (Å²) < 4.78 is 4.36. The van der Waals surface area contributed by atoms with Crippen LogP contribution in [0.2, 0.25) is 0 Å². The third-order valence-corrected chi connectivity index (χ3v) is 5.49. The molecule has 0 saturated heterocycles. The second-order valence-electron chi connectivity index (χ2n) is 7.71. The van der Waals surface area contributed by atoms with Crippen molar-refractivity contribution >= 4 is 22.6 Å². The van der Waals surface area contributed by atoms with E-state index in [0.717, 1.165) is 27.2 Å². The number of anilines is 1. The van der Waals surface area contributed by atoms with Gasteiger partial charge in [-0.1, -0.05) is 12.1 Å². The lowest BCUT2D eigenvalue weighted by atomic mass is 10.2. The summed E-state index contributed by atoms with van der Waals surface area (Å²) in [6.07, 6.45) is 1.44. The number of hydrogen-bond acceptors (Lipinski definition) is 4. The first-order valence-corrected chi connectivity index (χ1v) is 9.82. The van der Waals surface area contributed by atoms with E-state index in [1.54, 1.807) is 13.1 Å². The van der Waals surface area contributed by atoms with Crippen LogP contribution in [0.4, 0.5) is 5.69 Å². The third-order valence-electron chi connectivity index (χ3n) is 5.49. The highest BCUT2D eigenvalue weighted by atomic mass is 16.2. The average molecular weight is 417 g/mol. The number of nitrogens with one attached hydrogen (secondary N) is 1. The van der Waals surface area contributed by atoms with Crippen LogP contribution in [0.5, 0.6) is 0 Å². The van der Waals surface area contributed by atoms with E-state index in [-0.39, 0.29) is 16.9 Å². The van der Waals surface area contributed by atoms with Gasteiger partial charge in [0.1, 0.15) is 5.65 Å². The predicted molar refractivity (Wildman–Crippen MR) is 120 cm³/mol. The zero-order chi connectivity index (χ0) is 22.4. The molecule has 3 heterocycles. The molecule has 31 heavy (non-hydrogen) atoms. The highest BCUT2D eigenvalue weighted by molar-refractivity contribution is 6.06. The molecular weight excluding hydrogens is 394 g/mol. The second kappa shape index (κ2) is 7.39. The molecule has 1 N–H and O–H groups in total. The van der Waals surface area contributed by atoms with E-state index >= 15 is 0 Å². The Kier molecular flexibility index (Phi) is 4.85. The smallest absolute Gasteiger partial charge is 0.321 e. The molecule has 0 radical (unpaired) electrons. The zero-order valence-electron chi connectivity index (χ0n) is 18.1. The number of pyridine rings is 1. The van der Waals surface area contributed by atoms with Gasteiger partial charge in [0.05, 0.1) is 22.8 Å². The minimum Gasteiger partial charge on any atom is -0.321 e. The van der Waals surface area contributed by atoms with E-state index < -0.39 is 11.2 Å². The van der Waals surface area contributed by atoms with Crippen LogP contribution >= 0.6 is 0 Å². The highest BCUT2D eigenvalue weighted by Gasteiger charge is 2.18. The Morgan fingerprint density at radius 3 is 2.45 bits per heavy atom. The summed E-state index contributed by atoms with van der Waals surface area (Å²) in [4.78, 5) is 41.8. The van der Waals surface area contributed by atoms with Gasteiger partial charge in [0, 0.05) is 31.2 Å². The molecule has 0 spiro atoms. The minimum absolute atomic E-state index is 0.257. The number of fused-ring (bicyclic) bond motifs is 1. The molecular formula is C23H23N5O3. The summed E-state index contributed by atoms with van der Waals surface area (Å²) in [5.41, 5.74) is 4.15. The van der Waals surface area contributed by atoms with Gasteiger partial charge in [-0.2, -0.15) is 0 Å². The Morgan fingerprint density at radius 1 is 1.00 bits per heavy atom. The quantitative estimate of drug-likeness (QED) is 0.555. The van der Waals surface area contributed by atoms with E-state index in [4.69, 9.17) is 0 Å². The molecule has 0 aliphatic carbocycles. The minimum atomic E-state index is -0.459. The predicted octanol–water partition coefficient (Wildman–Crippen LogP) is 2.60. The largest absolute Gasteiger partial charge is 0.332 e. The fourth-order valence-electron chi connectivity index (χ4n) is 3.89. The van der Waals surface area contributed by atoms with Gasteiger partial charge in [-0.15, -0.1) is 0 Å². The fourth-order valence-corrected chi connectivity index (χ4v) is 3.89. The maximum atomic E-state index is 13.0. The van der Waals surface area contributed by atoms with Gasteiger partial charge in [0.2, 0.25) is 0 Å². The number of aromatic nitrogens is 4. The lowest BCUT2D eigenvalue weighted by Crippen LogP contribution is -2.37. The average Bonchev–Trinajstić information content (AvgIpc) is 3.04. The SMILES string of the molecule is Cc1cccc(-n2c(C)cc(C(=O)Nc3cnc4c(c3)c(=O)n(C)c(=O)n4C)c2C)c1. The van der Waals surface area contributed by atoms with Crippen molar-refractivity contribution in [2.24, 2.45) is 14.1 Å². The molecule has 4 aromatic rings. The molecule has 0 saturated carbocycles. The standard InChI is InChI=1S/C23H23N5O3/c1-13-7-6-8-17(9-13)28-14(2)10-18(15(28)3)21(29)25-16-11-19-20(24-12-16)26(4)23(31)27(5)22(19)30/h6-12H,1-5H3,(H,25,29). The van der Waals surface area contributed by atoms with Crippen LogP contribution in [0.3, 0.4) is 0 Å². The van der Waals surface area contributed by atoms with Crippen LogP contribution in [0, 0.1) is 20.8 Å². The Bertz CT molecular complexity index is 1470. The number of rotatable bonds is 3. The molecule has 4 rings (SSSR count). The molecule has 0 atom stereocenters. The maximum absolute atomic E-state index is 13.0. The molecule has 0 fully saturated rings. The molecule has 0 unspecified atom stereocenters. The third kappa shape index (κ3) is 3.35. The van der Waals surface area contributed by atoms with Gasteiger partial charge in [-0.05, 0) is 50.6 Å². The number of benzene rings is 1. The fraction of sp³-hybridized carbons (Fsp3) is 0.217. The summed E-state index contributed by atoms with van der Waals surface area (Å²) in [5.74, 6) is -0.296. The molecule has 8 heteroatoms. The maximum Gasteiger partial charge on any atom is 0.332 e. The second-order valence-corrected chi connectivity index (χ2v) is 7.71. The van der Waals surface area contributed by atoms with Crippen LogP contribution in [0.1, 0.15) is 27.3 Å². The van der Waals surface area contributed by atoms with Crippen LogP contribution < -0.4 is 16.6 Å². The van der Waals surface area contributed by atoms with Gasteiger partial charge in [0.25, 0.3) is 11.5 Å². The van der Waals surface area contributed by atoms with E-state index in [0.29, 0.717) is 11.3 Å². The van der Waals surface area contributed by atoms with Gasteiger partial charge >= 0.3 is 5.69 Å². The summed E-state index contributed by atoms with van der Waals surface area (Å²) in [6.45, 7) is 5.88. The summed E-state index contributed by atoms with van der Waals surface area (Å²) >= 11 is 0. The summed E-state index contributed by atoms with van der Waals surface area (Å²) in [7, 11) is 2.96. The molecule has 158 valence electrons. The van der Waals surface area contributed by atoms with Crippen molar-refractivity contribution in [3.8, 4) is 5.69 Å². The van der Waals surface area contributed by atoms with Crippen molar-refractivity contribution in [1.29, 1.82) is 0 Å². The lowest BCUT2D eigenvalue weighted by molar-refractivity contribution is 0.102. The lowest BCUT2D eigenvalue weighted by Gasteiger charge is -2.11. The van der Waals surface area contributed by atoms with Crippen LogP contribution in [0.25, 0.3) is 16.7 Å². The van der Waals surface area contributed by atoms with Gasteiger partial charge < -0.3 is 9.88 Å². The summed E-state index contributed by atoms with van der Waals surface area (Å²) in [5, 5.41) is 3.08. The van der Waals surface area contributed by atoms with Crippen molar-refractivity contribution in [3.05, 3.63) is 85.9 Å². The van der Waals surface area contributed by atoms with Gasteiger partial charge in [0.15, 0.2) is 0 Å². The first-order valence-electron chi connectivity index (χ1n) is 9.82. The number of hydrogen-bond donors (Lipinski definition) is 1. The Labute approximate surface area is 178 Å². The molecule has 0 aliphatic rings. The normalized spacial score (nSPS) is 11.1. The van der Waals surface area contributed by atoms with E-state index in [1.165, 1.54) is 17.8 Å². The Hall–Kier alpha value is -3.94. The Balaban J connectivity index is 1.72. The number of carbonyl (C=O) groups excluding carboxylic acids is 1. The topological polar surface area (TPSA) is 90.9 Å². The molecule has 8 nitrogen and oxygen atoms in total. The van der Waals surface area contributed by atoms with E-state index in [9.17, 15) is 14.4 Å². The van der Waals surface area contributed by atoms with E-state index in [1.807, 2.05) is 49.6 Å². The molecule has 1 amide bonds. The number of aryl methyl sites for hydroxylation is 3. The first-order chi connectivity index (χ1) is 14.7. The molecule has 0 aliphatic heterocycles. The highest BCUT2D eigenvalue weighted by Crippen LogP contribution is 2.23. The van der Waals surface area contributed by atoms with Crippen molar-refractivity contribution in [1.82, 2.24) is 18.7 Å². The number of carbonyl (C=O) groups is 1. The number of amides is 1. The van der Waals surface area contributed by atoms with Crippen molar-refractivity contribution < 1.29 is 4.79 Å². The number of nitrogens with zero attached hydrogens (tertiary/aromatic N) is 4. The van der Waals surface area contributed by atoms with Gasteiger partial charge in [-0.25, -0.2) is 9.78 Å². The molecule has 1 aromatic carbocycles. The van der Waals surface area contributed by atoms with Crippen LogP contribution in [-0.2, 0) is 14.1 Å². The van der Waals surface area contributed by atoms with Crippen LogP contribution in [-0.4, -0.2) is 24.6 Å². The summed E-state index contributed by atoms with van der Waals surface area (Å²) in [6, 6.07) is 11.5.